The first-order valence-corrected chi connectivity index (χ1v) is 7.91. The van der Waals surface area contributed by atoms with E-state index in [1.54, 1.807) is 14.2 Å². The highest BCUT2D eigenvalue weighted by molar-refractivity contribution is 5.85. The second-order valence-corrected chi connectivity index (χ2v) is 5.71. The highest BCUT2D eigenvalue weighted by atomic mass is 35.5. The van der Waals surface area contributed by atoms with Crippen LogP contribution in [0, 0.1) is 5.92 Å². The SMILES string of the molecule is COc1ccc(CCC(=O)NCC2CCCNC2)cc1OC.Cl. The zero-order valence-corrected chi connectivity index (χ0v) is 14.7. The van der Waals surface area contributed by atoms with Gasteiger partial charge in [-0.15, -0.1) is 12.4 Å². The van der Waals surface area contributed by atoms with E-state index in [1.807, 2.05) is 18.2 Å². The summed E-state index contributed by atoms with van der Waals surface area (Å²) in [4.78, 5) is 11.9. The Morgan fingerprint density at radius 3 is 2.74 bits per heavy atom. The average Bonchev–Trinajstić information content (AvgIpc) is 2.58. The zero-order chi connectivity index (χ0) is 15.8. The zero-order valence-electron chi connectivity index (χ0n) is 13.9. The van der Waals surface area contributed by atoms with Crippen LogP contribution >= 0.6 is 12.4 Å². The maximum atomic E-state index is 11.9. The number of hydrogen-bond acceptors (Lipinski definition) is 4. The van der Waals surface area contributed by atoms with Crippen LogP contribution in [0.1, 0.15) is 24.8 Å². The monoisotopic (exact) mass is 342 g/mol. The molecule has 1 aromatic carbocycles. The van der Waals surface area contributed by atoms with Gasteiger partial charge in [0.15, 0.2) is 11.5 Å². The number of hydrogen-bond donors (Lipinski definition) is 2. The van der Waals surface area contributed by atoms with Crippen LogP contribution in [0.5, 0.6) is 11.5 Å². The van der Waals surface area contributed by atoms with Gasteiger partial charge in [-0.2, -0.15) is 0 Å². The Bertz CT molecular complexity index is 491. The van der Waals surface area contributed by atoms with Crippen LogP contribution in [0.4, 0.5) is 0 Å². The molecule has 0 aromatic heterocycles. The van der Waals surface area contributed by atoms with Crippen molar-refractivity contribution in [3.05, 3.63) is 23.8 Å². The largest absolute Gasteiger partial charge is 0.493 e. The van der Waals surface area contributed by atoms with E-state index in [-0.39, 0.29) is 18.3 Å². The lowest BCUT2D eigenvalue weighted by Crippen LogP contribution is -2.38. The van der Waals surface area contributed by atoms with E-state index >= 15 is 0 Å². The fourth-order valence-corrected chi connectivity index (χ4v) is 2.74. The number of methoxy groups -OCH3 is 2. The average molecular weight is 343 g/mol. The van der Waals surface area contributed by atoms with Crippen molar-refractivity contribution < 1.29 is 14.3 Å². The number of piperidine rings is 1. The molecule has 0 saturated carbocycles. The first kappa shape index (κ1) is 19.6. The highest BCUT2D eigenvalue weighted by Crippen LogP contribution is 2.27. The molecule has 1 amide bonds. The quantitative estimate of drug-likeness (QED) is 0.797. The molecule has 1 fully saturated rings. The summed E-state index contributed by atoms with van der Waals surface area (Å²) >= 11 is 0. The van der Waals surface area contributed by atoms with Crippen molar-refractivity contribution in [2.45, 2.75) is 25.7 Å². The van der Waals surface area contributed by atoms with Crippen molar-refractivity contribution in [3.8, 4) is 11.5 Å². The predicted octanol–water partition coefficient (Wildman–Crippen LogP) is 2.17. The molecule has 1 aliphatic heterocycles. The maximum Gasteiger partial charge on any atom is 0.220 e. The fourth-order valence-electron chi connectivity index (χ4n) is 2.74. The number of ether oxygens (including phenoxy) is 2. The Morgan fingerprint density at radius 2 is 2.09 bits per heavy atom. The van der Waals surface area contributed by atoms with Crippen molar-refractivity contribution in [1.82, 2.24) is 10.6 Å². The van der Waals surface area contributed by atoms with Gasteiger partial charge in [0.1, 0.15) is 0 Å². The van der Waals surface area contributed by atoms with Gasteiger partial charge in [0.2, 0.25) is 5.91 Å². The van der Waals surface area contributed by atoms with Crippen molar-refractivity contribution in [3.63, 3.8) is 0 Å². The number of rotatable bonds is 7. The van der Waals surface area contributed by atoms with Gasteiger partial charge in [-0.25, -0.2) is 0 Å². The van der Waals surface area contributed by atoms with Gasteiger partial charge in [-0.1, -0.05) is 6.07 Å². The maximum absolute atomic E-state index is 11.9. The third-order valence-electron chi connectivity index (χ3n) is 4.08. The third-order valence-corrected chi connectivity index (χ3v) is 4.08. The molecule has 1 aromatic rings. The number of amides is 1. The van der Waals surface area contributed by atoms with Crippen LogP contribution in [0.2, 0.25) is 0 Å². The fraction of sp³-hybridized carbons (Fsp3) is 0.588. The van der Waals surface area contributed by atoms with Crippen LogP contribution in [0.25, 0.3) is 0 Å². The molecule has 1 atom stereocenters. The molecule has 0 bridgehead atoms. The summed E-state index contributed by atoms with van der Waals surface area (Å²) in [6.45, 7) is 2.89. The number of carbonyl (C=O) groups excluding carboxylic acids is 1. The normalized spacial score (nSPS) is 17.0. The second-order valence-electron chi connectivity index (χ2n) is 5.71. The number of nitrogens with one attached hydrogen (secondary N) is 2. The highest BCUT2D eigenvalue weighted by Gasteiger charge is 2.14. The molecule has 130 valence electrons. The van der Waals surface area contributed by atoms with E-state index in [2.05, 4.69) is 10.6 Å². The molecule has 2 rings (SSSR count). The summed E-state index contributed by atoms with van der Waals surface area (Å²) < 4.78 is 10.5. The third kappa shape index (κ3) is 6.28. The van der Waals surface area contributed by atoms with Crippen LogP contribution in [-0.4, -0.2) is 39.8 Å². The number of halogens is 1. The molecule has 0 aliphatic carbocycles. The summed E-state index contributed by atoms with van der Waals surface area (Å²) in [6, 6.07) is 5.77. The first-order valence-electron chi connectivity index (χ1n) is 7.91. The van der Waals surface area contributed by atoms with Crippen molar-refractivity contribution in [1.29, 1.82) is 0 Å². The van der Waals surface area contributed by atoms with Crippen LogP contribution in [-0.2, 0) is 11.2 Å². The minimum absolute atomic E-state index is 0. The second kappa shape index (κ2) is 10.3. The van der Waals surface area contributed by atoms with Gasteiger partial charge in [0, 0.05) is 13.0 Å². The number of benzene rings is 1. The Morgan fingerprint density at radius 1 is 1.30 bits per heavy atom. The minimum atomic E-state index is 0. The molecule has 1 saturated heterocycles. The molecule has 1 heterocycles. The molecule has 0 spiro atoms. The molecule has 23 heavy (non-hydrogen) atoms. The lowest BCUT2D eigenvalue weighted by atomic mass is 9.99. The molecule has 6 heteroatoms. The molecular weight excluding hydrogens is 316 g/mol. The van der Waals surface area contributed by atoms with E-state index in [9.17, 15) is 4.79 Å². The van der Waals surface area contributed by atoms with Gasteiger partial charge >= 0.3 is 0 Å². The molecule has 5 nitrogen and oxygen atoms in total. The van der Waals surface area contributed by atoms with Crippen LogP contribution in [0.15, 0.2) is 18.2 Å². The molecule has 0 radical (unpaired) electrons. The Balaban J connectivity index is 0.00000264. The predicted molar refractivity (Wildman–Crippen MR) is 93.7 cm³/mol. The van der Waals surface area contributed by atoms with Crippen LogP contribution in [0.3, 0.4) is 0 Å². The smallest absolute Gasteiger partial charge is 0.220 e. The van der Waals surface area contributed by atoms with Gasteiger partial charge in [0.05, 0.1) is 14.2 Å². The van der Waals surface area contributed by atoms with Gasteiger partial charge in [-0.05, 0) is 56.0 Å². The van der Waals surface area contributed by atoms with E-state index < -0.39 is 0 Å². The van der Waals surface area contributed by atoms with Crippen molar-refractivity contribution in [2.24, 2.45) is 5.92 Å². The van der Waals surface area contributed by atoms with Gasteiger partial charge in [-0.3, -0.25) is 4.79 Å². The van der Waals surface area contributed by atoms with Gasteiger partial charge < -0.3 is 20.1 Å². The van der Waals surface area contributed by atoms with E-state index in [0.717, 1.165) is 25.2 Å². The summed E-state index contributed by atoms with van der Waals surface area (Å²) in [7, 11) is 3.23. The lowest BCUT2D eigenvalue weighted by molar-refractivity contribution is -0.121. The first-order chi connectivity index (χ1) is 10.7. The molecule has 1 unspecified atom stereocenters. The van der Waals surface area contributed by atoms with Crippen LogP contribution < -0.4 is 20.1 Å². The molecule has 1 aliphatic rings. The number of carbonyl (C=O) groups is 1. The molecular formula is C17H27ClN2O3. The minimum Gasteiger partial charge on any atom is -0.493 e. The van der Waals surface area contributed by atoms with E-state index in [0.29, 0.717) is 30.3 Å². The summed E-state index contributed by atoms with van der Waals surface area (Å²) in [5.74, 6) is 2.09. The summed E-state index contributed by atoms with van der Waals surface area (Å²) in [5.41, 5.74) is 1.08. The van der Waals surface area contributed by atoms with E-state index in [4.69, 9.17) is 9.47 Å². The van der Waals surface area contributed by atoms with Gasteiger partial charge in [0.25, 0.3) is 0 Å². The lowest BCUT2D eigenvalue weighted by Gasteiger charge is -2.22. The van der Waals surface area contributed by atoms with Crippen molar-refractivity contribution in [2.75, 3.05) is 33.9 Å². The number of aryl methyl sites for hydroxylation is 1. The topological polar surface area (TPSA) is 59.6 Å². The molecule has 2 N–H and O–H groups in total. The Kier molecular flexibility index (Phi) is 8.81. The summed E-state index contributed by atoms with van der Waals surface area (Å²) in [5, 5.41) is 6.40. The van der Waals surface area contributed by atoms with Crippen molar-refractivity contribution >= 4 is 18.3 Å². The summed E-state index contributed by atoms with van der Waals surface area (Å²) in [6.07, 6.45) is 3.60. The Labute approximate surface area is 144 Å². The standard InChI is InChI=1S/C17H26N2O3.ClH/c1-21-15-7-5-13(10-16(15)22-2)6-8-17(20)19-12-14-4-3-9-18-11-14;/h5,7,10,14,18H,3-4,6,8-9,11-12H2,1-2H3,(H,19,20);1H. The van der Waals surface area contributed by atoms with E-state index in [1.165, 1.54) is 12.8 Å². The Hall–Kier alpha value is -1.46.